The van der Waals surface area contributed by atoms with Crippen LogP contribution in [-0.4, -0.2) is 16.5 Å². The molecule has 1 N–H and O–H groups in total. The predicted octanol–water partition coefficient (Wildman–Crippen LogP) is 4.21. The fourth-order valence-corrected chi connectivity index (χ4v) is 2.83. The van der Waals surface area contributed by atoms with Crippen LogP contribution in [0, 0.1) is 19.3 Å². The molecule has 0 aromatic carbocycles. The number of nitrogens with zero attached hydrogens (tertiary/aromatic N) is 2. The van der Waals surface area contributed by atoms with E-state index in [1.165, 1.54) is 31.2 Å². The van der Waals surface area contributed by atoms with Crippen LogP contribution in [0.5, 0.6) is 0 Å². The quantitative estimate of drug-likeness (QED) is 0.885. The first-order valence-electron chi connectivity index (χ1n) is 7.52. The molecule has 1 aliphatic carbocycles. The SMILES string of the molecule is CCNc1nc(C2CCC(C)(C)CC2)nc(C)c1C. The van der Waals surface area contributed by atoms with Crippen LogP contribution >= 0.6 is 0 Å². The molecule has 0 unspecified atom stereocenters. The molecule has 2 rings (SSSR count). The van der Waals surface area contributed by atoms with Gasteiger partial charge in [-0.25, -0.2) is 9.97 Å². The molecule has 1 saturated carbocycles. The smallest absolute Gasteiger partial charge is 0.134 e. The summed E-state index contributed by atoms with van der Waals surface area (Å²) in [6.45, 7) is 12.0. The van der Waals surface area contributed by atoms with Gasteiger partial charge in [-0.2, -0.15) is 0 Å². The van der Waals surface area contributed by atoms with E-state index in [0.717, 1.165) is 23.9 Å². The van der Waals surface area contributed by atoms with Crippen molar-refractivity contribution in [2.24, 2.45) is 5.41 Å². The highest BCUT2D eigenvalue weighted by molar-refractivity contribution is 5.45. The second-order valence-corrected chi connectivity index (χ2v) is 6.61. The van der Waals surface area contributed by atoms with E-state index in [1.54, 1.807) is 0 Å². The van der Waals surface area contributed by atoms with E-state index in [0.29, 0.717) is 11.3 Å². The van der Waals surface area contributed by atoms with Gasteiger partial charge in [0.1, 0.15) is 11.6 Å². The van der Waals surface area contributed by atoms with E-state index in [-0.39, 0.29) is 0 Å². The Labute approximate surface area is 117 Å². The lowest BCUT2D eigenvalue weighted by molar-refractivity contribution is 0.220. The maximum atomic E-state index is 4.77. The largest absolute Gasteiger partial charge is 0.370 e. The molecule has 0 saturated heterocycles. The number of aryl methyl sites for hydroxylation is 1. The first-order valence-corrected chi connectivity index (χ1v) is 7.52. The van der Waals surface area contributed by atoms with Crippen molar-refractivity contribution < 1.29 is 0 Å². The van der Waals surface area contributed by atoms with Gasteiger partial charge in [-0.15, -0.1) is 0 Å². The third kappa shape index (κ3) is 3.26. The maximum absolute atomic E-state index is 4.77. The highest BCUT2D eigenvalue weighted by atomic mass is 15.0. The van der Waals surface area contributed by atoms with E-state index >= 15 is 0 Å². The molecule has 1 fully saturated rings. The van der Waals surface area contributed by atoms with Crippen LogP contribution in [-0.2, 0) is 0 Å². The molecule has 0 amide bonds. The van der Waals surface area contributed by atoms with Crippen molar-refractivity contribution in [1.82, 2.24) is 9.97 Å². The molecule has 0 atom stereocenters. The van der Waals surface area contributed by atoms with Crippen LogP contribution in [0.25, 0.3) is 0 Å². The zero-order valence-electron chi connectivity index (χ0n) is 13.0. The van der Waals surface area contributed by atoms with Crippen molar-refractivity contribution in [2.45, 2.75) is 66.2 Å². The van der Waals surface area contributed by atoms with Crippen molar-refractivity contribution in [3.05, 3.63) is 17.1 Å². The van der Waals surface area contributed by atoms with Crippen molar-refractivity contribution in [3.8, 4) is 0 Å². The Hall–Kier alpha value is -1.12. The number of aromatic nitrogens is 2. The van der Waals surface area contributed by atoms with E-state index in [1.807, 2.05) is 0 Å². The van der Waals surface area contributed by atoms with Gasteiger partial charge in [0.25, 0.3) is 0 Å². The van der Waals surface area contributed by atoms with Crippen LogP contribution in [0.1, 0.15) is 69.5 Å². The number of nitrogens with one attached hydrogen (secondary N) is 1. The topological polar surface area (TPSA) is 37.8 Å². The maximum Gasteiger partial charge on any atom is 0.134 e. The number of hydrogen-bond acceptors (Lipinski definition) is 3. The molecule has 1 aliphatic rings. The van der Waals surface area contributed by atoms with Gasteiger partial charge in [0.2, 0.25) is 0 Å². The molecule has 0 spiro atoms. The summed E-state index contributed by atoms with van der Waals surface area (Å²) in [4.78, 5) is 9.51. The molecule has 0 bridgehead atoms. The fourth-order valence-electron chi connectivity index (χ4n) is 2.83. The van der Waals surface area contributed by atoms with Gasteiger partial charge >= 0.3 is 0 Å². The summed E-state index contributed by atoms with van der Waals surface area (Å²) >= 11 is 0. The molecular weight excluding hydrogens is 234 g/mol. The first kappa shape index (κ1) is 14.3. The Kier molecular flexibility index (Phi) is 4.12. The highest BCUT2D eigenvalue weighted by Gasteiger charge is 2.29. The monoisotopic (exact) mass is 261 g/mol. The molecule has 1 heterocycles. The number of anilines is 1. The molecule has 3 nitrogen and oxygen atoms in total. The minimum atomic E-state index is 0.501. The minimum absolute atomic E-state index is 0.501. The average molecular weight is 261 g/mol. The summed E-state index contributed by atoms with van der Waals surface area (Å²) in [6.07, 6.45) is 5.01. The van der Waals surface area contributed by atoms with E-state index in [9.17, 15) is 0 Å². The third-order valence-corrected chi connectivity index (χ3v) is 4.46. The fraction of sp³-hybridized carbons (Fsp3) is 0.750. The van der Waals surface area contributed by atoms with E-state index in [2.05, 4.69) is 39.9 Å². The summed E-state index contributed by atoms with van der Waals surface area (Å²) in [5, 5.41) is 3.36. The third-order valence-electron chi connectivity index (χ3n) is 4.46. The Morgan fingerprint density at radius 2 is 1.79 bits per heavy atom. The minimum Gasteiger partial charge on any atom is -0.370 e. The molecule has 0 radical (unpaired) electrons. The zero-order chi connectivity index (χ0) is 14.0. The van der Waals surface area contributed by atoms with Gasteiger partial charge in [-0.05, 0) is 51.9 Å². The standard InChI is InChI=1S/C16H27N3/c1-6-17-14-11(2)12(3)18-15(19-14)13-7-9-16(4,5)10-8-13/h13H,6-10H2,1-5H3,(H,17,18,19). The van der Waals surface area contributed by atoms with Gasteiger partial charge in [0, 0.05) is 23.7 Å². The van der Waals surface area contributed by atoms with Crippen LogP contribution in [0.3, 0.4) is 0 Å². The lowest BCUT2D eigenvalue weighted by atomic mass is 9.73. The normalized spacial score (nSPS) is 19.4. The summed E-state index contributed by atoms with van der Waals surface area (Å²) in [5.74, 6) is 2.62. The highest BCUT2D eigenvalue weighted by Crippen LogP contribution is 2.41. The predicted molar refractivity (Wildman–Crippen MR) is 80.7 cm³/mol. The molecule has 1 aromatic rings. The van der Waals surface area contributed by atoms with E-state index in [4.69, 9.17) is 9.97 Å². The van der Waals surface area contributed by atoms with Crippen molar-refractivity contribution in [2.75, 3.05) is 11.9 Å². The molecule has 3 heteroatoms. The average Bonchev–Trinajstić information content (AvgIpc) is 2.35. The van der Waals surface area contributed by atoms with E-state index < -0.39 is 0 Å². The number of hydrogen-bond donors (Lipinski definition) is 1. The molecular formula is C16H27N3. The van der Waals surface area contributed by atoms with Crippen LogP contribution < -0.4 is 5.32 Å². The van der Waals surface area contributed by atoms with Gasteiger partial charge in [0.15, 0.2) is 0 Å². The molecule has 1 aromatic heterocycles. The Morgan fingerprint density at radius 1 is 1.16 bits per heavy atom. The van der Waals surface area contributed by atoms with Crippen molar-refractivity contribution >= 4 is 5.82 Å². The second-order valence-electron chi connectivity index (χ2n) is 6.61. The Balaban J connectivity index is 2.21. The summed E-state index contributed by atoms with van der Waals surface area (Å²) in [5.41, 5.74) is 2.80. The molecule has 106 valence electrons. The molecule has 0 aliphatic heterocycles. The second kappa shape index (κ2) is 5.48. The van der Waals surface area contributed by atoms with Crippen molar-refractivity contribution in [1.29, 1.82) is 0 Å². The van der Waals surface area contributed by atoms with Crippen LogP contribution in [0.4, 0.5) is 5.82 Å². The zero-order valence-corrected chi connectivity index (χ0v) is 13.0. The Bertz CT molecular complexity index is 442. The lowest BCUT2D eigenvalue weighted by Crippen LogP contribution is -2.22. The first-order chi connectivity index (χ1) is 8.93. The summed E-state index contributed by atoms with van der Waals surface area (Å²) < 4.78 is 0. The Morgan fingerprint density at radius 3 is 2.37 bits per heavy atom. The van der Waals surface area contributed by atoms with Gasteiger partial charge < -0.3 is 5.32 Å². The molecule has 19 heavy (non-hydrogen) atoms. The lowest BCUT2D eigenvalue weighted by Gasteiger charge is -2.33. The van der Waals surface area contributed by atoms with Crippen molar-refractivity contribution in [3.63, 3.8) is 0 Å². The summed E-state index contributed by atoms with van der Waals surface area (Å²) in [6, 6.07) is 0. The van der Waals surface area contributed by atoms with Gasteiger partial charge in [0.05, 0.1) is 0 Å². The van der Waals surface area contributed by atoms with Gasteiger partial charge in [-0.3, -0.25) is 0 Å². The van der Waals surface area contributed by atoms with Crippen LogP contribution in [0.15, 0.2) is 0 Å². The summed E-state index contributed by atoms with van der Waals surface area (Å²) in [7, 11) is 0. The van der Waals surface area contributed by atoms with Crippen LogP contribution in [0.2, 0.25) is 0 Å². The number of rotatable bonds is 3. The van der Waals surface area contributed by atoms with Gasteiger partial charge in [-0.1, -0.05) is 13.8 Å².